The highest BCUT2D eigenvalue weighted by Gasteiger charge is 2.33. The van der Waals surface area contributed by atoms with E-state index in [1.165, 1.54) is 6.92 Å². The van der Waals surface area contributed by atoms with Crippen LogP contribution in [0, 0.1) is 0 Å². The summed E-state index contributed by atoms with van der Waals surface area (Å²) in [5.74, 6) is -0.985. The summed E-state index contributed by atoms with van der Waals surface area (Å²) >= 11 is 0. The predicted octanol–water partition coefficient (Wildman–Crippen LogP) is 2.61. The maximum absolute atomic E-state index is 12.2. The van der Waals surface area contributed by atoms with E-state index in [0.29, 0.717) is 6.08 Å². The quantitative estimate of drug-likeness (QED) is 0.403. The molecule has 14 heavy (non-hydrogen) atoms. The zero-order chi connectivity index (χ0) is 11.2. The van der Waals surface area contributed by atoms with Gasteiger partial charge in [0.05, 0.1) is 6.61 Å². The van der Waals surface area contributed by atoms with Crippen LogP contribution in [0.15, 0.2) is 24.3 Å². The van der Waals surface area contributed by atoms with Crippen LogP contribution in [0.3, 0.4) is 0 Å². The first kappa shape index (κ1) is 12.7. The fraction of sp³-hybridized carbons (Fsp3) is 0.444. The molecule has 0 unspecified atom stereocenters. The molecule has 0 rings (SSSR count). The van der Waals surface area contributed by atoms with E-state index in [1.54, 1.807) is 0 Å². The van der Waals surface area contributed by atoms with Crippen molar-refractivity contribution in [2.45, 2.75) is 19.5 Å². The van der Waals surface area contributed by atoms with E-state index in [-0.39, 0.29) is 6.61 Å². The standard InChI is InChI=1S/C9H11F3O2/c1-3-5-7(9(10,11)12)6-8(13)14-4-2/h3,6H,1,4-5H2,2H3. The van der Waals surface area contributed by atoms with Gasteiger partial charge >= 0.3 is 12.1 Å². The van der Waals surface area contributed by atoms with Gasteiger partial charge in [0.1, 0.15) is 0 Å². The highest BCUT2D eigenvalue weighted by molar-refractivity contribution is 5.83. The number of allylic oxidation sites excluding steroid dienone is 2. The molecule has 0 aliphatic carbocycles. The van der Waals surface area contributed by atoms with Crippen LogP contribution in [-0.2, 0) is 9.53 Å². The summed E-state index contributed by atoms with van der Waals surface area (Å²) in [5, 5.41) is 0. The van der Waals surface area contributed by atoms with Gasteiger partial charge in [-0.2, -0.15) is 13.2 Å². The van der Waals surface area contributed by atoms with Gasteiger partial charge < -0.3 is 4.74 Å². The molecule has 0 bridgehead atoms. The average molecular weight is 208 g/mol. The van der Waals surface area contributed by atoms with Gasteiger partial charge in [-0.05, 0) is 13.3 Å². The number of carbonyl (C=O) groups excluding carboxylic acids is 1. The monoisotopic (exact) mass is 208 g/mol. The number of alkyl halides is 3. The summed E-state index contributed by atoms with van der Waals surface area (Å²) in [6.07, 6.45) is -3.38. The van der Waals surface area contributed by atoms with E-state index in [2.05, 4.69) is 11.3 Å². The minimum absolute atomic E-state index is 0.0502. The molecule has 0 saturated carbocycles. The predicted molar refractivity (Wildman–Crippen MR) is 45.6 cm³/mol. The Kier molecular flexibility index (Phi) is 4.97. The third-order valence-corrected chi connectivity index (χ3v) is 1.31. The number of hydrogen-bond donors (Lipinski definition) is 0. The average Bonchev–Trinajstić information content (AvgIpc) is 2.02. The number of halogens is 3. The van der Waals surface area contributed by atoms with Crippen molar-refractivity contribution < 1.29 is 22.7 Å². The van der Waals surface area contributed by atoms with Crippen LogP contribution in [0.4, 0.5) is 13.2 Å². The smallest absolute Gasteiger partial charge is 0.413 e. The van der Waals surface area contributed by atoms with Crippen molar-refractivity contribution in [1.82, 2.24) is 0 Å². The maximum atomic E-state index is 12.2. The van der Waals surface area contributed by atoms with Crippen LogP contribution >= 0.6 is 0 Å². The molecule has 5 heteroatoms. The lowest BCUT2D eigenvalue weighted by Crippen LogP contribution is -2.14. The Morgan fingerprint density at radius 1 is 1.50 bits per heavy atom. The van der Waals surface area contributed by atoms with E-state index in [0.717, 1.165) is 6.08 Å². The molecule has 2 nitrogen and oxygen atoms in total. The van der Waals surface area contributed by atoms with Crippen molar-refractivity contribution >= 4 is 5.97 Å². The summed E-state index contributed by atoms with van der Waals surface area (Å²) in [4.78, 5) is 10.7. The minimum atomic E-state index is -4.51. The Hall–Kier alpha value is -1.26. The Morgan fingerprint density at radius 2 is 2.07 bits per heavy atom. The molecular formula is C9H11F3O2. The van der Waals surface area contributed by atoms with Crippen LogP contribution in [0.25, 0.3) is 0 Å². The maximum Gasteiger partial charge on any atom is 0.413 e. The molecule has 0 aromatic rings. The van der Waals surface area contributed by atoms with Crippen molar-refractivity contribution in [2.75, 3.05) is 6.61 Å². The lowest BCUT2D eigenvalue weighted by molar-refractivity contribution is -0.138. The molecule has 0 heterocycles. The van der Waals surface area contributed by atoms with Crippen molar-refractivity contribution in [2.24, 2.45) is 0 Å². The normalized spacial score (nSPS) is 12.4. The third kappa shape index (κ3) is 4.69. The molecule has 0 saturated heterocycles. The summed E-state index contributed by atoms with van der Waals surface area (Å²) < 4.78 is 40.9. The first-order valence-electron chi connectivity index (χ1n) is 3.97. The lowest BCUT2D eigenvalue weighted by Gasteiger charge is -2.08. The zero-order valence-corrected chi connectivity index (χ0v) is 7.73. The topological polar surface area (TPSA) is 26.3 Å². The van der Waals surface area contributed by atoms with Gasteiger partial charge in [-0.1, -0.05) is 6.08 Å². The Morgan fingerprint density at radius 3 is 2.43 bits per heavy atom. The van der Waals surface area contributed by atoms with Crippen LogP contribution in [0.2, 0.25) is 0 Å². The molecular weight excluding hydrogens is 197 g/mol. The number of rotatable bonds is 4. The fourth-order valence-electron chi connectivity index (χ4n) is 0.738. The van der Waals surface area contributed by atoms with Crippen molar-refractivity contribution in [1.29, 1.82) is 0 Å². The largest absolute Gasteiger partial charge is 0.463 e. The van der Waals surface area contributed by atoms with Crippen LogP contribution in [0.5, 0.6) is 0 Å². The van der Waals surface area contributed by atoms with E-state index < -0.39 is 24.1 Å². The molecule has 0 N–H and O–H groups in total. The van der Waals surface area contributed by atoms with Crippen molar-refractivity contribution in [3.8, 4) is 0 Å². The van der Waals surface area contributed by atoms with Gasteiger partial charge in [-0.25, -0.2) is 4.79 Å². The fourth-order valence-corrected chi connectivity index (χ4v) is 0.738. The first-order chi connectivity index (χ1) is 6.41. The molecule has 0 spiro atoms. The second kappa shape index (κ2) is 5.47. The number of carbonyl (C=O) groups is 1. The second-order valence-electron chi connectivity index (χ2n) is 2.41. The minimum Gasteiger partial charge on any atom is -0.463 e. The van der Waals surface area contributed by atoms with Crippen LogP contribution in [0.1, 0.15) is 13.3 Å². The van der Waals surface area contributed by atoms with E-state index in [1.807, 2.05) is 0 Å². The molecule has 0 aromatic carbocycles. The summed E-state index contributed by atoms with van der Waals surface area (Å²) in [6.45, 7) is 4.74. The zero-order valence-electron chi connectivity index (χ0n) is 7.73. The van der Waals surface area contributed by atoms with E-state index in [4.69, 9.17) is 0 Å². The first-order valence-corrected chi connectivity index (χ1v) is 3.97. The molecule has 80 valence electrons. The van der Waals surface area contributed by atoms with Gasteiger partial charge in [0.2, 0.25) is 0 Å². The lowest BCUT2D eigenvalue weighted by atomic mass is 10.1. The van der Waals surface area contributed by atoms with Crippen LogP contribution in [-0.4, -0.2) is 18.8 Å². The third-order valence-electron chi connectivity index (χ3n) is 1.31. The molecule has 0 aliphatic rings. The Bertz CT molecular complexity index is 241. The van der Waals surface area contributed by atoms with Crippen molar-refractivity contribution in [3.05, 3.63) is 24.3 Å². The Labute approximate surface area is 80.1 Å². The molecule has 0 aromatic heterocycles. The van der Waals surface area contributed by atoms with Gasteiger partial charge in [0.15, 0.2) is 0 Å². The molecule has 0 radical (unpaired) electrons. The number of esters is 1. The summed E-state index contributed by atoms with van der Waals surface area (Å²) in [7, 11) is 0. The SMILES string of the molecule is C=CCC(=CC(=O)OCC)C(F)(F)F. The van der Waals surface area contributed by atoms with Crippen molar-refractivity contribution in [3.63, 3.8) is 0 Å². The number of ether oxygens (including phenoxy) is 1. The highest BCUT2D eigenvalue weighted by Crippen LogP contribution is 2.28. The highest BCUT2D eigenvalue weighted by atomic mass is 19.4. The van der Waals surface area contributed by atoms with E-state index in [9.17, 15) is 18.0 Å². The molecule has 0 atom stereocenters. The molecule has 0 fully saturated rings. The van der Waals surface area contributed by atoms with Gasteiger partial charge in [0.25, 0.3) is 0 Å². The van der Waals surface area contributed by atoms with Crippen LogP contribution < -0.4 is 0 Å². The summed E-state index contributed by atoms with van der Waals surface area (Å²) in [6, 6.07) is 0. The second-order valence-corrected chi connectivity index (χ2v) is 2.41. The Balaban J connectivity index is 4.64. The van der Waals surface area contributed by atoms with E-state index >= 15 is 0 Å². The summed E-state index contributed by atoms with van der Waals surface area (Å²) in [5.41, 5.74) is -0.953. The number of hydrogen-bond acceptors (Lipinski definition) is 2. The van der Waals surface area contributed by atoms with Gasteiger partial charge in [-0.15, -0.1) is 6.58 Å². The van der Waals surface area contributed by atoms with Gasteiger partial charge in [0, 0.05) is 11.6 Å². The van der Waals surface area contributed by atoms with Gasteiger partial charge in [-0.3, -0.25) is 0 Å². The molecule has 0 amide bonds. The molecule has 0 aliphatic heterocycles.